The normalized spacial score (nSPS) is 14.8. The van der Waals surface area contributed by atoms with Crippen molar-refractivity contribution < 1.29 is 14.6 Å². The fourth-order valence-electron chi connectivity index (χ4n) is 2.51. The van der Waals surface area contributed by atoms with E-state index in [4.69, 9.17) is 15.2 Å². The summed E-state index contributed by atoms with van der Waals surface area (Å²) in [5.74, 6) is 0. The second-order valence-electron chi connectivity index (χ2n) is 6.42. The van der Waals surface area contributed by atoms with E-state index in [1.807, 2.05) is 67.6 Å². The molecular weight excluding hydrogens is 314 g/mol. The highest BCUT2D eigenvalue weighted by Gasteiger charge is 2.16. The van der Waals surface area contributed by atoms with Gasteiger partial charge in [-0.25, -0.2) is 0 Å². The smallest absolute Gasteiger partial charge is 0.0924 e. The van der Waals surface area contributed by atoms with Crippen LogP contribution in [-0.4, -0.2) is 30.0 Å². The van der Waals surface area contributed by atoms with Crippen LogP contribution in [-0.2, 0) is 22.7 Å². The van der Waals surface area contributed by atoms with Gasteiger partial charge in [-0.15, -0.1) is 0 Å². The first-order valence-electron chi connectivity index (χ1n) is 8.86. The summed E-state index contributed by atoms with van der Waals surface area (Å²) in [6.07, 6.45) is 0.948. The van der Waals surface area contributed by atoms with E-state index in [1.165, 1.54) is 0 Å². The third-order valence-electron chi connectivity index (χ3n) is 4.18. The van der Waals surface area contributed by atoms with Crippen molar-refractivity contribution >= 4 is 0 Å². The van der Waals surface area contributed by atoms with Crippen molar-refractivity contribution in [2.45, 2.75) is 51.2 Å². The number of ether oxygens (including phenoxy) is 2. The van der Waals surface area contributed by atoms with Gasteiger partial charge < -0.3 is 20.3 Å². The van der Waals surface area contributed by atoms with Gasteiger partial charge in [-0.1, -0.05) is 60.7 Å². The molecule has 3 atom stereocenters. The van der Waals surface area contributed by atoms with E-state index in [9.17, 15) is 5.11 Å². The molecule has 25 heavy (non-hydrogen) atoms. The van der Waals surface area contributed by atoms with E-state index in [0.29, 0.717) is 19.6 Å². The van der Waals surface area contributed by atoms with E-state index in [2.05, 4.69) is 0 Å². The summed E-state index contributed by atoms with van der Waals surface area (Å²) in [5, 5.41) is 10.1. The molecule has 2 aromatic carbocycles. The third-order valence-corrected chi connectivity index (χ3v) is 4.18. The first kappa shape index (κ1) is 19.6. The Morgan fingerprint density at radius 3 is 2.04 bits per heavy atom. The molecule has 0 saturated heterocycles. The SMILES string of the molecule is C[C@@H](CC[C@H](N)[C@@H](O)COCc1ccccc1)OCc1ccccc1. The minimum absolute atomic E-state index is 0.101. The zero-order valence-electron chi connectivity index (χ0n) is 14.9. The van der Waals surface area contributed by atoms with Gasteiger partial charge in [0, 0.05) is 6.04 Å². The Balaban J connectivity index is 1.59. The predicted octanol–water partition coefficient (Wildman–Crippen LogP) is 3.28. The summed E-state index contributed by atoms with van der Waals surface area (Å²) in [6, 6.07) is 19.7. The van der Waals surface area contributed by atoms with Gasteiger partial charge in [0.1, 0.15) is 0 Å². The van der Waals surface area contributed by atoms with E-state index in [1.54, 1.807) is 0 Å². The first-order chi connectivity index (χ1) is 12.1. The summed E-state index contributed by atoms with van der Waals surface area (Å²) in [4.78, 5) is 0. The molecule has 0 aliphatic heterocycles. The van der Waals surface area contributed by atoms with Gasteiger partial charge in [-0.2, -0.15) is 0 Å². The molecule has 0 aromatic heterocycles. The van der Waals surface area contributed by atoms with Gasteiger partial charge in [0.15, 0.2) is 0 Å². The second kappa shape index (κ2) is 11.0. The van der Waals surface area contributed by atoms with Gasteiger partial charge in [0.2, 0.25) is 0 Å². The first-order valence-corrected chi connectivity index (χ1v) is 8.86. The lowest BCUT2D eigenvalue weighted by molar-refractivity contribution is 0.00699. The highest BCUT2D eigenvalue weighted by atomic mass is 16.5. The van der Waals surface area contributed by atoms with Crippen LogP contribution in [0.25, 0.3) is 0 Å². The highest BCUT2D eigenvalue weighted by molar-refractivity contribution is 5.14. The Morgan fingerprint density at radius 2 is 1.44 bits per heavy atom. The molecule has 0 saturated carbocycles. The molecule has 3 N–H and O–H groups in total. The lowest BCUT2D eigenvalue weighted by Crippen LogP contribution is -2.38. The molecule has 2 rings (SSSR count). The van der Waals surface area contributed by atoms with Crippen molar-refractivity contribution in [3.05, 3.63) is 71.8 Å². The molecular formula is C21H29NO3. The van der Waals surface area contributed by atoms with Crippen LogP contribution >= 0.6 is 0 Å². The summed E-state index contributed by atoms with van der Waals surface area (Å²) in [5.41, 5.74) is 8.32. The average molecular weight is 343 g/mol. The quantitative estimate of drug-likeness (QED) is 0.657. The van der Waals surface area contributed by atoms with Crippen molar-refractivity contribution in [3.8, 4) is 0 Å². The van der Waals surface area contributed by atoms with Crippen LogP contribution in [0, 0.1) is 0 Å². The number of hydrogen-bond donors (Lipinski definition) is 2. The molecule has 0 heterocycles. The topological polar surface area (TPSA) is 64.7 Å². The van der Waals surface area contributed by atoms with E-state index in [0.717, 1.165) is 17.5 Å². The van der Waals surface area contributed by atoms with Crippen molar-refractivity contribution in [1.82, 2.24) is 0 Å². The van der Waals surface area contributed by atoms with E-state index >= 15 is 0 Å². The summed E-state index contributed by atoms with van der Waals surface area (Å²) in [7, 11) is 0. The Kier molecular flexibility index (Phi) is 8.63. The molecule has 0 amide bonds. The summed E-state index contributed by atoms with van der Waals surface area (Å²) >= 11 is 0. The molecule has 0 fully saturated rings. The second-order valence-corrected chi connectivity index (χ2v) is 6.42. The van der Waals surface area contributed by atoms with Crippen molar-refractivity contribution in [2.75, 3.05) is 6.61 Å². The van der Waals surface area contributed by atoms with Crippen molar-refractivity contribution in [1.29, 1.82) is 0 Å². The van der Waals surface area contributed by atoms with Gasteiger partial charge >= 0.3 is 0 Å². The zero-order valence-corrected chi connectivity index (χ0v) is 14.9. The maximum atomic E-state index is 10.1. The maximum absolute atomic E-state index is 10.1. The standard InChI is InChI=1S/C21H29NO3/c1-17(25-15-19-10-6-3-7-11-19)12-13-20(22)21(23)16-24-14-18-8-4-2-5-9-18/h2-11,17,20-21,23H,12-16,22H2,1H3/t17-,20-,21-/m0/s1. The van der Waals surface area contributed by atoms with Crippen LogP contribution in [0.5, 0.6) is 0 Å². The van der Waals surface area contributed by atoms with Gasteiger partial charge in [-0.05, 0) is 30.9 Å². The molecule has 0 radical (unpaired) electrons. The minimum Gasteiger partial charge on any atom is -0.389 e. The molecule has 136 valence electrons. The van der Waals surface area contributed by atoms with Crippen LogP contribution in [0.1, 0.15) is 30.9 Å². The molecule has 0 bridgehead atoms. The summed E-state index contributed by atoms with van der Waals surface area (Å²) < 4.78 is 11.4. The minimum atomic E-state index is -0.662. The number of aliphatic hydroxyl groups excluding tert-OH is 1. The molecule has 4 nitrogen and oxygen atoms in total. The lowest BCUT2D eigenvalue weighted by atomic mass is 10.0. The molecule has 2 aromatic rings. The largest absolute Gasteiger partial charge is 0.389 e. The fourth-order valence-corrected chi connectivity index (χ4v) is 2.51. The lowest BCUT2D eigenvalue weighted by Gasteiger charge is -2.21. The fraction of sp³-hybridized carbons (Fsp3) is 0.429. The number of rotatable bonds is 11. The van der Waals surface area contributed by atoms with Crippen LogP contribution < -0.4 is 5.73 Å². The van der Waals surface area contributed by atoms with Crippen molar-refractivity contribution in [2.24, 2.45) is 5.73 Å². The Morgan fingerprint density at radius 1 is 0.880 bits per heavy atom. The van der Waals surface area contributed by atoms with Crippen LogP contribution in [0.2, 0.25) is 0 Å². The maximum Gasteiger partial charge on any atom is 0.0924 e. The van der Waals surface area contributed by atoms with E-state index < -0.39 is 6.10 Å². The number of benzene rings is 2. The van der Waals surface area contributed by atoms with Gasteiger partial charge in [0.05, 0.1) is 32.0 Å². The van der Waals surface area contributed by atoms with Crippen LogP contribution in [0.3, 0.4) is 0 Å². The van der Waals surface area contributed by atoms with Gasteiger partial charge in [0.25, 0.3) is 0 Å². The monoisotopic (exact) mass is 343 g/mol. The Bertz CT molecular complexity index is 576. The van der Waals surface area contributed by atoms with Crippen molar-refractivity contribution in [3.63, 3.8) is 0 Å². The number of nitrogens with two attached hydrogens (primary N) is 1. The van der Waals surface area contributed by atoms with Gasteiger partial charge in [-0.3, -0.25) is 0 Å². The average Bonchev–Trinajstić information content (AvgIpc) is 2.66. The molecule has 0 unspecified atom stereocenters. The van der Waals surface area contributed by atoms with Crippen LogP contribution in [0.15, 0.2) is 60.7 Å². The summed E-state index contributed by atoms with van der Waals surface area (Å²) in [6.45, 7) is 3.37. The Hall–Kier alpha value is -1.72. The molecule has 4 heteroatoms. The molecule has 0 aliphatic carbocycles. The molecule has 0 spiro atoms. The predicted molar refractivity (Wildman–Crippen MR) is 100 cm³/mol. The highest BCUT2D eigenvalue weighted by Crippen LogP contribution is 2.10. The molecule has 0 aliphatic rings. The number of aliphatic hydroxyl groups is 1. The Labute approximate surface area is 150 Å². The zero-order chi connectivity index (χ0) is 17.9. The van der Waals surface area contributed by atoms with E-state index in [-0.39, 0.29) is 18.8 Å². The number of hydrogen-bond acceptors (Lipinski definition) is 4. The third kappa shape index (κ3) is 7.80. The van der Waals surface area contributed by atoms with Crippen LogP contribution in [0.4, 0.5) is 0 Å².